The van der Waals surface area contributed by atoms with E-state index in [1.807, 2.05) is 0 Å². The lowest BCUT2D eigenvalue weighted by Gasteiger charge is -2.14. The molecular formula is C10H18S. The van der Waals surface area contributed by atoms with E-state index in [2.05, 4.69) is 29.9 Å². The van der Waals surface area contributed by atoms with Gasteiger partial charge in [-0.25, -0.2) is 0 Å². The number of hydrogen-bond acceptors (Lipinski definition) is 0. The van der Waals surface area contributed by atoms with E-state index in [4.69, 9.17) is 0 Å². The van der Waals surface area contributed by atoms with Gasteiger partial charge in [0.25, 0.3) is 0 Å². The summed E-state index contributed by atoms with van der Waals surface area (Å²) in [4.78, 5) is 0. The minimum atomic E-state index is -0.563. The van der Waals surface area contributed by atoms with Crippen molar-refractivity contribution in [1.82, 2.24) is 0 Å². The van der Waals surface area contributed by atoms with Crippen LogP contribution in [0.25, 0.3) is 0 Å². The van der Waals surface area contributed by atoms with Crippen LogP contribution in [0.2, 0.25) is 0 Å². The molecule has 0 atom stereocenters. The normalized spacial score (nSPS) is 18.8. The molecular weight excluding hydrogens is 152 g/mol. The average Bonchev–Trinajstić information content (AvgIpc) is 2.60. The molecule has 0 amide bonds. The van der Waals surface area contributed by atoms with Crippen LogP contribution < -0.4 is 0 Å². The van der Waals surface area contributed by atoms with Crippen LogP contribution in [0.1, 0.15) is 25.7 Å². The van der Waals surface area contributed by atoms with Crippen molar-refractivity contribution in [2.24, 2.45) is 5.92 Å². The van der Waals surface area contributed by atoms with Crippen molar-refractivity contribution in [3.63, 3.8) is 0 Å². The summed E-state index contributed by atoms with van der Waals surface area (Å²) in [5.74, 6) is 4.32. The van der Waals surface area contributed by atoms with Gasteiger partial charge in [-0.05, 0) is 31.1 Å². The smallest absolute Gasteiger partial charge is 0.00997 e. The van der Waals surface area contributed by atoms with Crippen molar-refractivity contribution in [1.29, 1.82) is 0 Å². The molecule has 0 aliphatic heterocycles. The molecule has 0 aromatic rings. The van der Waals surface area contributed by atoms with Crippen molar-refractivity contribution in [2.75, 3.05) is 18.8 Å². The summed E-state index contributed by atoms with van der Waals surface area (Å²) in [6, 6.07) is 0. The molecule has 0 aromatic carbocycles. The van der Waals surface area contributed by atoms with Crippen molar-refractivity contribution >= 4 is 10.0 Å². The molecule has 0 radical (unpaired) electrons. The highest BCUT2D eigenvalue weighted by atomic mass is 32.3. The second-order valence-electron chi connectivity index (χ2n) is 4.10. The van der Waals surface area contributed by atoms with Crippen LogP contribution in [0, 0.1) is 17.1 Å². The summed E-state index contributed by atoms with van der Waals surface area (Å²) in [5.41, 5.74) is 0. The van der Waals surface area contributed by atoms with E-state index in [9.17, 15) is 0 Å². The Morgan fingerprint density at radius 3 is 2.36 bits per heavy atom. The lowest BCUT2D eigenvalue weighted by Crippen LogP contribution is -1.84. The van der Waals surface area contributed by atoms with Gasteiger partial charge in [-0.15, -0.1) is 0 Å². The molecule has 1 saturated carbocycles. The molecule has 64 valence electrons. The largest absolute Gasteiger partial charge is 0.186 e. The monoisotopic (exact) mass is 170 g/mol. The minimum Gasteiger partial charge on any atom is -0.186 e. The van der Waals surface area contributed by atoms with Gasteiger partial charge in [0.05, 0.1) is 0 Å². The Bertz CT molecular complexity index is 173. The lowest BCUT2D eigenvalue weighted by atomic mass is 10.2. The molecule has 1 aliphatic carbocycles. The predicted octanol–water partition coefficient (Wildman–Crippen LogP) is 2.83. The summed E-state index contributed by atoms with van der Waals surface area (Å²) in [7, 11) is -0.563. The lowest BCUT2D eigenvalue weighted by molar-refractivity contribution is 0.752. The molecule has 0 spiro atoms. The fourth-order valence-corrected chi connectivity index (χ4v) is 1.49. The van der Waals surface area contributed by atoms with Crippen LogP contribution in [0.15, 0.2) is 0 Å². The van der Waals surface area contributed by atoms with Crippen LogP contribution in [0.4, 0.5) is 0 Å². The molecule has 1 fully saturated rings. The minimum absolute atomic E-state index is 0.563. The van der Waals surface area contributed by atoms with Crippen molar-refractivity contribution in [3.8, 4) is 11.2 Å². The first-order chi connectivity index (χ1) is 5.08. The molecule has 1 rings (SSSR count). The summed E-state index contributed by atoms with van der Waals surface area (Å²) in [6.45, 7) is 0. The van der Waals surface area contributed by atoms with Crippen LogP contribution in [-0.2, 0) is 0 Å². The molecule has 0 unspecified atom stereocenters. The van der Waals surface area contributed by atoms with Crippen LogP contribution in [0.3, 0.4) is 0 Å². The van der Waals surface area contributed by atoms with E-state index >= 15 is 0 Å². The zero-order valence-electron chi connectivity index (χ0n) is 7.81. The predicted molar refractivity (Wildman–Crippen MR) is 55.1 cm³/mol. The van der Waals surface area contributed by atoms with Crippen LogP contribution in [0.5, 0.6) is 0 Å². The molecule has 0 aromatic heterocycles. The van der Waals surface area contributed by atoms with Gasteiger partial charge < -0.3 is 0 Å². The van der Waals surface area contributed by atoms with E-state index in [1.54, 1.807) is 0 Å². The maximum atomic E-state index is 3.34. The fraction of sp³-hybridized carbons (Fsp3) is 0.800. The third kappa shape index (κ3) is 5.21. The van der Waals surface area contributed by atoms with E-state index in [0.717, 1.165) is 12.3 Å². The zero-order chi connectivity index (χ0) is 8.32. The SMILES string of the molecule is CS(C)(C)C#CCCC1CC1. The van der Waals surface area contributed by atoms with Gasteiger partial charge in [-0.3, -0.25) is 0 Å². The Hall–Kier alpha value is -0.0900. The van der Waals surface area contributed by atoms with Gasteiger partial charge in [0.2, 0.25) is 0 Å². The van der Waals surface area contributed by atoms with Gasteiger partial charge in [-0.2, -0.15) is 10.0 Å². The molecule has 0 heterocycles. The summed E-state index contributed by atoms with van der Waals surface area (Å²) < 4.78 is 0. The first-order valence-electron chi connectivity index (χ1n) is 4.26. The van der Waals surface area contributed by atoms with Crippen LogP contribution >= 0.6 is 10.0 Å². The Morgan fingerprint density at radius 2 is 1.91 bits per heavy atom. The molecule has 11 heavy (non-hydrogen) atoms. The molecule has 0 N–H and O–H groups in total. The van der Waals surface area contributed by atoms with Gasteiger partial charge in [0.1, 0.15) is 0 Å². The molecule has 1 aliphatic rings. The van der Waals surface area contributed by atoms with Gasteiger partial charge in [0, 0.05) is 6.42 Å². The summed E-state index contributed by atoms with van der Waals surface area (Å²) >= 11 is 0. The Morgan fingerprint density at radius 1 is 1.27 bits per heavy atom. The first-order valence-corrected chi connectivity index (χ1v) is 7.11. The Kier molecular flexibility index (Phi) is 2.90. The second kappa shape index (κ2) is 3.54. The van der Waals surface area contributed by atoms with E-state index in [0.29, 0.717) is 0 Å². The Labute approximate surface area is 72.1 Å². The van der Waals surface area contributed by atoms with Gasteiger partial charge in [0.15, 0.2) is 0 Å². The molecule has 1 heteroatoms. The van der Waals surface area contributed by atoms with E-state index < -0.39 is 10.0 Å². The maximum absolute atomic E-state index is 3.34. The van der Waals surface area contributed by atoms with Crippen LogP contribution in [-0.4, -0.2) is 18.8 Å². The second-order valence-corrected chi connectivity index (χ2v) is 7.98. The highest BCUT2D eigenvalue weighted by Gasteiger charge is 2.19. The Balaban J connectivity index is 2.11. The van der Waals surface area contributed by atoms with Crippen molar-refractivity contribution < 1.29 is 0 Å². The third-order valence-electron chi connectivity index (χ3n) is 1.75. The fourth-order valence-electron chi connectivity index (χ4n) is 0.950. The highest BCUT2D eigenvalue weighted by Crippen LogP contribution is 2.34. The quantitative estimate of drug-likeness (QED) is 0.559. The maximum Gasteiger partial charge on any atom is 0.00997 e. The number of hydrogen-bond donors (Lipinski definition) is 0. The van der Waals surface area contributed by atoms with Gasteiger partial charge >= 0.3 is 0 Å². The molecule has 0 nitrogen and oxygen atoms in total. The van der Waals surface area contributed by atoms with Crippen molar-refractivity contribution in [3.05, 3.63) is 0 Å². The first kappa shape index (κ1) is 9.00. The van der Waals surface area contributed by atoms with Gasteiger partial charge in [-0.1, -0.05) is 24.0 Å². The average molecular weight is 170 g/mol. The molecule has 0 bridgehead atoms. The highest BCUT2D eigenvalue weighted by molar-refractivity contribution is 8.35. The van der Waals surface area contributed by atoms with Crippen molar-refractivity contribution in [2.45, 2.75) is 25.7 Å². The summed E-state index contributed by atoms with van der Waals surface area (Å²) in [5, 5.41) is 3.34. The topological polar surface area (TPSA) is 0 Å². The van der Waals surface area contributed by atoms with E-state index in [-0.39, 0.29) is 0 Å². The third-order valence-corrected chi connectivity index (χ3v) is 2.51. The number of rotatable bonds is 2. The zero-order valence-corrected chi connectivity index (χ0v) is 8.63. The standard InChI is InChI=1S/C10H18S/c1-11(2,3)9-5-4-6-10-7-8-10/h10H,4,6-8H2,1-3H3. The van der Waals surface area contributed by atoms with E-state index in [1.165, 1.54) is 19.3 Å². The molecule has 0 saturated heterocycles. The summed E-state index contributed by atoms with van der Waals surface area (Å²) in [6.07, 6.45) is 12.1.